The quantitative estimate of drug-likeness (QED) is 0.391. The van der Waals surface area contributed by atoms with Gasteiger partial charge in [-0.05, 0) is 13.3 Å². The summed E-state index contributed by atoms with van der Waals surface area (Å²) in [6.45, 7) is 13.8. The fourth-order valence-corrected chi connectivity index (χ4v) is 0.405. The first kappa shape index (κ1) is 11.1. The number of hydrogen-bond acceptors (Lipinski definition) is 0. The minimum absolute atomic E-state index is 1.11. The zero-order valence-corrected chi connectivity index (χ0v) is 6.48. The van der Waals surface area contributed by atoms with Gasteiger partial charge in [0.25, 0.3) is 0 Å². The molecule has 0 N–H and O–H groups in total. The average molecular weight is 124 g/mol. The van der Waals surface area contributed by atoms with Crippen molar-refractivity contribution in [1.82, 2.24) is 0 Å². The molecule has 0 aromatic rings. The third-order valence-corrected chi connectivity index (χ3v) is 0.848. The molecule has 0 heterocycles. The molecule has 9 heavy (non-hydrogen) atoms. The average Bonchev–Trinajstić information content (AvgIpc) is 1.93. The second-order valence-electron chi connectivity index (χ2n) is 1.56. The Bertz CT molecular complexity index is 88.2. The van der Waals surface area contributed by atoms with Crippen LogP contribution in [0.1, 0.15) is 20.3 Å². The standard InChI is InChI=1S/C7H12.C2H4/c1-4-6-7(3)5-2;1-2/h5-6H,2,4H2,1,3H3;1-2H2/b7-6-;. The van der Waals surface area contributed by atoms with Gasteiger partial charge in [0.2, 0.25) is 0 Å². The Hall–Kier alpha value is -0.780. The lowest BCUT2D eigenvalue weighted by Gasteiger charge is -1.83. The van der Waals surface area contributed by atoms with Crippen molar-refractivity contribution >= 4 is 0 Å². The van der Waals surface area contributed by atoms with Crippen molar-refractivity contribution < 1.29 is 0 Å². The molecule has 0 radical (unpaired) electrons. The van der Waals surface area contributed by atoms with Crippen molar-refractivity contribution in [2.45, 2.75) is 20.3 Å². The fourth-order valence-electron chi connectivity index (χ4n) is 0.405. The molecule has 0 aliphatic carbocycles. The summed E-state index contributed by atoms with van der Waals surface area (Å²) in [4.78, 5) is 0. The van der Waals surface area contributed by atoms with Gasteiger partial charge in [0.15, 0.2) is 0 Å². The van der Waals surface area contributed by atoms with Gasteiger partial charge in [0, 0.05) is 0 Å². The summed E-state index contributed by atoms with van der Waals surface area (Å²) in [5.74, 6) is 0. The highest BCUT2D eigenvalue weighted by molar-refractivity contribution is 5.11. The van der Waals surface area contributed by atoms with Crippen LogP contribution in [0.15, 0.2) is 37.5 Å². The molecule has 52 valence electrons. The Kier molecular flexibility index (Phi) is 12.6. The second-order valence-corrected chi connectivity index (χ2v) is 1.56. The van der Waals surface area contributed by atoms with E-state index < -0.39 is 0 Å². The van der Waals surface area contributed by atoms with Gasteiger partial charge in [-0.15, -0.1) is 13.2 Å². The van der Waals surface area contributed by atoms with Gasteiger partial charge >= 0.3 is 0 Å². The zero-order chi connectivity index (χ0) is 7.70. The summed E-state index contributed by atoms with van der Waals surface area (Å²) >= 11 is 0. The van der Waals surface area contributed by atoms with E-state index in [1.54, 1.807) is 0 Å². The molecule has 0 aliphatic rings. The zero-order valence-electron chi connectivity index (χ0n) is 6.48. The smallest absolute Gasteiger partial charge is 0.0374 e. The van der Waals surface area contributed by atoms with E-state index in [1.807, 2.05) is 6.08 Å². The lowest BCUT2D eigenvalue weighted by molar-refractivity contribution is 1.20. The summed E-state index contributed by atoms with van der Waals surface area (Å²) < 4.78 is 0. The highest BCUT2D eigenvalue weighted by atomic mass is 13.8. The molecule has 0 atom stereocenters. The number of hydrogen-bond donors (Lipinski definition) is 0. The van der Waals surface area contributed by atoms with Gasteiger partial charge in [-0.1, -0.05) is 31.2 Å². The van der Waals surface area contributed by atoms with Crippen molar-refractivity contribution in [3.63, 3.8) is 0 Å². The molecule has 0 rings (SSSR count). The molecule has 0 aromatic carbocycles. The normalized spacial score (nSPS) is 9.33. The maximum Gasteiger partial charge on any atom is -0.0374 e. The fraction of sp³-hybridized carbons (Fsp3) is 0.333. The molecular formula is C9H16. The lowest BCUT2D eigenvalue weighted by Crippen LogP contribution is -1.62. The predicted molar refractivity (Wildman–Crippen MR) is 45.5 cm³/mol. The van der Waals surface area contributed by atoms with E-state index in [1.165, 1.54) is 5.57 Å². The van der Waals surface area contributed by atoms with E-state index in [2.05, 4.69) is 39.7 Å². The van der Waals surface area contributed by atoms with Crippen molar-refractivity contribution in [2.24, 2.45) is 0 Å². The molecule has 0 nitrogen and oxygen atoms in total. The first-order valence-corrected chi connectivity index (χ1v) is 3.10. The van der Waals surface area contributed by atoms with Crippen LogP contribution in [0.3, 0.4) is 0 Å². The van der Waals surface area contributed by atoms with Crippen molar-refractivity contribution in [3.8, 4) is 0 Å². The van der Waals surface area contributed by atoms with E-state index >= 15 is 0 Å². The third kappa shape index (κ3) is 11.0. The Labute approximate surface area is 58.6 Å². The van der Waals surface area contributed by atoms with Gasteiger partial charge in [0.1, 0.15) is 0 Å². The van der Waals surface area contributed by atoms with Gasteiger partial charge in [-0.3, -0.25) is 0 Å². The molecule has 0 spiro atoms. The maximum atomic E-state index is 3.61. The molecule has 0 amide bonds. The summed E-state index contributed by atoms with van der Waals surface area (Å²) in [5, 5.41) is 0. The molecular weight excluding hydrogens is 108 g/mol. The van der Waals surface area contributed by atoms with Crippen LogP contribution in [0.25, 0.3) is 0 Å². The third-order valence-electron chi connectivity index (χ3n) is 0.848. The maximum absolute atomic E-state index is 3.61. The van der Waals surface area contributed by atoms with Crippen LogP contribution in [-0.2, 0) is 0 Å². The van der Waals surface area contributed by atoms with E-state index in [4.69, 9.17) is 0 Å². The van der Waals surface area contributed by atoms with E-state index in [-0.39, 0.29) is 0 Å². The van der Waals surface area contributed by atoms with Gasteiger partial charge in [0.05, 0.1) is 0 Å². The summed E-state index contributed by atoms with van der Waals surface area (Å²) in [7, 11) is 0. The molecule has 0 heteroatoms. The van der Waals surface area contributed by atoms with Crippen molar-refractivity contribution in [1.29, 1.82) is 0 Å². The van der Waals surface area contributed by atoms with Crippen molar-refractivity contribution in [3.05, 3.63) is 37.5 Å². The largest absolute Gasteiger partial charge is 0.106 e. The second kappa shape index (κ2) is 10.3. The first-order chi connectivity index (χ1) is 4.31. The van der Waals surface area contributed by atoms with Crippen LogP contribution >= 0.6 is 0 Å². The summed E-state index contributed by atoms with van der Waals surface area (Å²) in [6.07, 6.45) is 5.12. The predicted octanol–water partition coefficient (Wildman–Crippen LogP) is 3.33. The van der Waals surface area contributed by atoms with Crippen LogP contribution in [-0.4, -0.2) is 0 Å². The molecule has 0 saturated carbocycles. The Morgan fingerprint density at radius 1 is 1.44 bits per heavy atom. The number of allylic oxidation sites excluding steroid dienone is 3. The summed E-state index contributed by atoms with van der Waals surface area (Å²) in [6, 6.07) is 0. The molecule has 0 unspecified atom stereocenters. The Morgan fingerprint density at radius 2 is 1.89 bits per heavy atom. The van der Waals surface area contributed by atoms with Gasteiger partial charge < -0.3 is 0 Å². The lowest BCUT2D eigenvalue weighted by atomic mass is 10.2. The molecule has 0 bridgehead atoms. The van der Waals surface area contributed by atoms with E-state index in [0.29, 0.717) is 0 Å². The van der Waals surface area contributed by atoms with Crippen LogP contribution in [0.2, 0.25) is 0 Å². The minimum Gasteiger partial charge on any atom is -0.106 e. The van der Waals surface area contributed by atoms with Crippen LogP contribution in [0, 0.1) is 0 Å². The number of rotatable bonds is 2. The highest BCUT2D eigenvalue weighted by Crippen LogP contribution is 1.92. The minimum atomic E-state index is 1.11. The van der Waals surface area contributed by atoms with Crippen LogP contribution in [0.4, 0.5) is 0 Å². The molecule has 0 fully saturated rings. The van der Waals surface area contributed by atoms with E-state index in [9.17, 15) is 0 Å². The summed E-state index contributed by atoms with van der Waals surface area (Å²) in [5.41, 5.74) is 1.27. The Balaban J connectivity index is 0. The topological polar surface area (TPSA) is 0 Å². The molecule has 0 aliphatic heterocycles. The van der Waals surface area contributed by atoms with Crippen LogP contribution < -0.4 is 0 Å². The molecule has 0 aromatic heterocycles. The SMILES string of the molecule is C=C.C=C/C(C)=C\CC. The van der Waals surface area contributed by atoms with Gasteiger partial charge in [-0.25, -0.2) is 0 Å². The Morgan fingerprint density at radius 3 is 2.00 bits per heavy atom. The van der Waals surface area contributed by atoms with Crippen molar-refractivity contribution in [2.75, 3.05) is 0 Å². The van der Waals surface area contributed by atoms with Gasteiger partial charge in [-0.2, -0.15) is 0 Å². The monoisotopic (exact) mass is 124 g/mol. The molecule has 0 saturated heterocycles. The van der Waals surface area contributed by atoms with Crippen LogP contribution in [0.5, 0.6) is 0 Å². The first-order valence-electron chi connectivity index (χ1n) is 3.10. The van der Waals surface area contributed by atoms with E-state index in [0.717, 1.165) is 6.42 Å². The highest BCUT2D eigenvalue weighted by Gasteiger charge is 1.71.